The first-order valence-electron chi connectivity index (χ1n) is 6.94. The Morgan fingerprint density at radius 3 is 2.76 bits per heavy atom. The molecule has 0 saturated carbocycles. The second kappa shape index (κ2) is 7.47. The normalized spacial score (nSPS) is 21.8. The lowest BCUT2D eigenvalue weighted by Crippen LogP contribution is -2.44. The van der Waals surface area contributed by atoms with Gasteiger partial charge in [-0.2, -0.15) is 12.6 Å². The molecule has 0 amide bonds. The predicted molar refractivity (Wildman–Crippen MR) is 98.6 cm³/mol. The van der Waals surface area contributed by atoms with Crippen LogP contribution in [0.25, 0.3) is 0 Å². The van der Waals surface area contributed by atoms with Crippen LogP contribution in [0.4, 0.5) is 0 Å². The number of benzene rings is 1. The van der Waals surface area contributed by atoms with Crippen LogP contribution in [-0.2, 0) is 17.5 Å². The third-order valence-electron chi connectivity index (χ3n) is 3.47. The van der Waals surface area contributed by atoms with E-state index in [0.29, 0.717) is 12.7 Å². The first-order valence-corrected chi connectivity index (χ1v) is 15.3. The van der Waals surface area contributed by atoms with E-state index in [1.165, 1.54) is 5.56 Å². The van der Waals surface area contributed by atoms with Crippen molar-refractivity contribution >= 4 is 60.4 Å². The lowest BCUT2D eigenvalue weighted by atomic mass is 10.1. The molecule has 0 fully saturated rings. The molecule has 8 heteroatoms. The Balaban J connectivity index is 2.03. The van der Waals surface area contributed by atoms with Crippen LogP contribution in [0.5, 0.6) is 5.75 Å². The largest absolute Gasteiger partial charge is 0.520 e. The van der Waals surface area contributed by atoms with Gasteiger partial charge >= 0.3 is 14.6 Å². The van der Waals surface area contributed by atoms with Crippen LogP contribution in [-0.4, -0.2) is 20.3 Å². The van der Waals surface area contributed by atoms with Crippen LogP contribution >= 0.6 is 45.9 Å². The van der Waals surface area contributed by atoms with E-state index < -0.39 is 14.6 Å². The molecule has 1 aromatic carbocycles. The number of hydrogen-bond donors (Lipinski definition) is 1. The molecule has 0 radical (unpaired) electrons. The van der Waals surface area contributed by atoms with Crippen molar-refractivity contribution in [3.05, 3.63) is 29.3 Å². The summed E-state index contributed by atoms with van der Waals surface area (Å²) in [4.78, 5) is 0. The summed E-state index contributed by atoms with van der Waals surface area (Å²) in [5, 5.41) is 0. The van der Waals surface area contributed by atoms with Gasteiger partial charge in [-0.25, -0.2) is 0 Å². The van der Waals surface area contributed by atoms with E-state index in [2.05, 4.69) is 31.3 Å². The highest BCUT2D eigenvalue weighted by Gasteiger charge is 2.37. The minimum Gasteiger partial charge on any atom is -0.520 e. The number of rotatable bonds is 6. The Morgan fingerprint density at radius 2 is 2.10 bits per heavy atom. The van der Waals surface area contributed by atoms with Crippen molar-refractivity contribution in [3.8, 4) is 5.75 Å². The fraction of sp³-hybridized carbons (Fsp3) is 0.538. The Labute approximate surface area is 147 Å². The molecule has 1 aromatic rings. The van der Waals surface area contributed by atoms with E-state index in [1.54, 1.807) is 0 Å². The molecule has 0 spiro atoms. The minimum atomic E-state index is -2.56. The molecule has 118 valence electrons. The molecule has 2 rings (SSSR count). The highest BCUT2D eigenvalue weighted by Crippen LogP contribution is 2.33. The van der Waals surface area contributed by atoms with Crippen molar-refractivity contribution in [2.24, 2.45) is 0 Å². The van der Waals surface area contributed by atoms with Gasteiger partial charge in [-0.15, -0.1) is 33.2 Å². The SMILES string of the molecule is C[Si]1(CCCS)OCc2cc(CC[Si](Cl)(Cl)Cl)ccc2O1. The maximum atomic E-state index is 6.14. The zero-order valence-corrected chi connectivity index (χ0v) is 17.0. The number of hydrogen-bond acceptors (Lipinski definition) is 3. The van der Waals surface area contributed by atoms with Crippen molar-refractivity contribution in [3.63, 3.8) is 0 Å². The van der Waals surface area contributed by atoms with Gasteiger partial charge < -0.3 is 8.85 Å². The van der Waals surface area contributed by atoms with Crippen molar-refractivity contribution in [1.82, 2.24) is 0 Å². The van der Waals surface area contributed by atoms with Crippen LogP contribution in [0.2, 0.25) is 18.6 Å². The summed E-state index contributed by atoms with van der Waals surface area (Å²) in [5.74, 6) is 1.81. The highest BCUT2D eigenvalue weighted by atomic mass is 35.8. The van der Waals surface area contributed by atoms with Gasteiger partial charge in [-0.05, 0) is 48.9 Å². The summed E-state index contributed by atoms with van der Waals surface area (Å²) in [6.45, 7) is 2.73. The van der Waals surface area contributed by atoms with E-state index in [-0.39, 0.29) is 0 Å². The number of aryl methyl sites for hydroxylation is 1. The minimum absolute atomic E-state index is 0.615. The van der Waals surface area contributed by atoms with E-state index in [0.717, 1.165) is 36.0 Å². The fourth-order valence-corrected chi connectivity index (χ4v) is 6.43. The monoisotopic (exact) mass is 400 g/mol. The molecule has 1 aliphatic heterocycles. The lowest BCUT2D eigenvalue weighted by Gasteiger charge is -2.33. The van der Waals surface area contributed by atoms with Crippen molar-refractivity contribution < 1.29 is 8.85 Å². The third-order valence-corrected chi connectivity index (χ3v) is 8.97. The summed E-state index contributed by atoms with van der Waals surface area (Å²) in [7, 11) is -2.08. The second-order valence-corrected chi connectivity index (χ2v) is 18.4. The maximum absolute atomic E-state index is 6.14. The summed E-state index contributed by atoms with van der Waals surface area (Å²) >= 11 is 22.1. The molecule has 0 bridgehead atoms. The quantitative estimate of drug-likeness (QED) is 0.402. The molecule has 2 nitrogen and oxygen atoms in total. The number of halogens is 3. The zero-order chi connectivity index (χ0) is 15.5. The first-order chi connectivity index (χ1) is 9.81. The molecule has 0 N–H and O–H groups in total. The Bertz CT molecular complexity index is 499. The average molecular weight is 402 g/mol. The molecule has 21 heavy (non-hydrogen) atoms. The molecular weight excluding hydrogens is 383 g/mol. The third kappa shape index (κ3) is 5.64. The molecule has 1 heterocycles. The zero-order valence-electron chi connectivity index (χ0n) is 11.9. The molecule has 1 aliphatic rings. The molecule has 1 atom stereocenters. The van der Waals surface area contributed by atoms with Gasteiger partial charge in [0.2, 0.25) is 0 Å². The van der Waals surface area contributed by atoms with Crippen molar-refractivity contribution in [1.29, 1.82) is 0 Å². The first kappa shape index (κ1) is 18.0. The van der Waals surface area contributed by atoms with Crippen LogP contribution in [0.15, 0.2) is 18.2 Å². The summed E-state index contributed by atoms with van der Waals surface area (Å²) in [6, 6.07) is 5.23. The Hall–Kier alpha value is 0.634. The fourth-order valence-electron chi connectivity index (χ4n) is 2.30. The second-order valence-electron chi connectivity index (χ2n) is 5.41. The van der Waals surface area contributed by atoms with Crippen LogP contribution in [0.1, 0.15) is 17.5 Å². The van der Waals surface area contributed by atoms with Crippen LogP contribution in [0, 0.1) is 0 Å². The standard InChI is InChI=1S/C13H19Cl3O2SSi2/c1-20(7-2-6-19)17-10-12-9-11(3-4-13(12)18-20)5-8-21(14,15)16/h3-4,9,19H,2,5-8,10H2,1H3. The van der Waals surface area contributed by atoms with Gasteiger partial charge in [0.05, 0.1) is 6.61 Å². The van der Waals surface area contributed by atoms with Crippen molar-refractivity contribution in [2.45, 2.75) is 38.1 Å². The summed E-state index contributed by atoms with van der Waals surface area (Å²) < 4.78 is 12.1. The van der Waals surface area contributed by atoms with Gasteiger partial charge in [0.1, 0.15) is 5.75 Å². The Morgan fingerprint density at radius 1 is 1.33 bits per heavy atom. The average Bonchev–Trinajstić information content (AvgIpc) is 2.42. The summed E-state index contributed by atoms with van der Waals surface area (Å²) in [5.41, 5.74) is 2.26. The number of fused-ring (bicyclic) bond motifs is 1. The van der Waals surface area contributed by atoms with E-state index >= 15 is 0 Å². The molecule has 0 aromatic heterocycles. The van der Waals surface area contributed by atoms with E-state index in [1.807, 2.05) is 6.07 Å². The lowest BCUT2D eigenvalue weighted by molar-refractivity contribution is 0.205. The maximum Gasteiger partial charge on any atom is 0.395 e. The Kier molecular flexibility index (Phi) is 6.39. The van der Waals surface area contributed by atoms with Gasteiger partial charge in [-0.3, -0.25) is 0 Å². The van der Waals surface area contributed by atoms with Crippen LogP contribution < -0.4 is 4.43 Å². The van der Waals surface area contributed by atoms with Crippen molar-refractivity contribution in [2.75, 3.05) is 5.75 Å². The highest BCUT2D eigenvalue weighted by molar-refractivity contribution is 7.80. The van der Waals surface area contributed by atoms with Gasteiger partial charge in [0.15, 0.2) is 0 Å². The summed E-state index contributed by atoms with van der Waals surface area (Å²) in [6.07, 6.45) is 1.80. The van der Waals surface area contributed by atoms with E-state index in [4.69, 9.17) is 42.1 Å². The molecule has 0 aliphatic carbocycles. The molecular formula is C13H19Cl3O2SSi2. The van der Waals surface area contributed by atoms with E-state index in [9.17, 15) is 0 Å². The predicted octanol–water partition coefficient (Wildman–Crippen LogP) is 5.19. The topological polar surface area (TPSA) is 18.5 Å². The molecule has 0 saturated heterocycles. The van der Waals surface area contributed by atoms with Gasteiger partial charge in [0, 0.05) is 11.6 Å². The van der Waals surface area contributed by atoms with Gasteiger partial charge in [-0.1, -0.05) is 6.07 Å². The molecule has 1 unspecified atom stereocenters. The smallest absolute Gasteiger partial charge is 0.395 e. The van der Waals surface area contributed by atoms with Crippen LogP contribution in [0.3, 0.4) is 0 Å². The number of thiol groups is 1. The van der Waals surface area contributed by atoms with Gasteiger partial charge in [0.25, 0.3) is 0 Å².